The van der Waals surface area contributed by atoms with Gasteiger partial charge in [-0.15, -0.1) is 23.3 Å². The van der Waals surface area contributed by atoms with Crippen LogP contribution in [-0.4, -0.2) is 52.4 Å². The van der Waals surface area contributed by atoms with Crippen molar-refractivity contribution in [3.05, 3.63) is 60.0 Å². The summed E-state index contributed by atoms with van der Waals surface area (Å²) in [6.45, 7) is 5.21. The Morgan fingerprint density at radius 1 is 1.06 bits per heavy atom. The van der Waals surface area contributed by atoms with Crippen LogP contribution < -0.4 is 9.47 Å². The zero-order valence-electron chi connectivity index (χ0n) is 20.7. The maximum absolute atomic E-state index is 9.19. The number of benzene rings is 2. The first-order valence-corrected chi connectivity index (χ1v) is 12.3. The largest absolute Gasteiger partial charge is 0.511 e. The molecule has 193 valence electrons. The Bertz CT molecular complexity index is 1020. The molecule has 1 radical (unpaired) electrons. The Morgan fingerprint density at radius 2 is 1.65 bits per heavy atom. The topological polar surface area (TPSA) is 94.4 Å². The molecular weight excluding hydrogens is 635 g/mol. The van der Waals surface area contributed by atoms with Gasteiger partial charge in [0.15, 0.2) is 0 Å². The van der Waals surface area contributed by atoms with E-state index in [4.69, 9.17) is 23.8 Å². The van der Waals surface area contributed by atoms with Crippen molar-refractivity contribution >= 4 is 21.5 Å². The molecule has 1 N–H and O–H groups in total. The zero-order chi connectivity index (χ0) is 23.7. The quantitative estimate of drug-likeness (QED) is 0.203. The molecule has 0 heterocycles. The molecule has 9 heteroatoms. The summed E-state index contributed by atoms with van der Waals surface area (Å²) in [4.78, 5) is 5.00. The van der Waals surface area contributed by atoms with Gasteiger partial charge in [0.2, 0.25) is 0 Å². The second-order valence-corrected chi connectivity index (χ2v) is 9.14. The predicted octanol–water partition coefficient (Wildman–Crippen LogP) is 4.94. The Balaban J connectivity index is 0.00000141. The monoisotopic (exact) mass is 670 g/mol. The van der Waals surface area contributed by atoms with E-state index in [-0.39, 0.29) is 27.5 Å². The minimum atomic E-state index is -3.67. The Labute approximate surface area is 218 Å². The number of methoxy groups -OCH3 is 2. The normalized spacial score (nSPS) is 13.9. The SMILES string of the molecule is COCCOc1[c-]c2c(cc1)CCCCC2=Nc1cc(C)c(OC)c(C)c1.CS(=O)(=O)O.[CH3-].[Ir]. The first kappa shape index (κ1) is 32.2. The van der Waals surface area contributed by atoms with E-state index in [1.807, 2.05) is 6.07 Å². The predicted molar refractivity (Wildman–Crippen MR) is 133 cm³/mol. The van der Waals surface area contributed by atoms with Crippen molar-refractivity contribution < 1.29 is 47.3 Å². The van der Waals surface area contributed by atoms with E-state index in [0.29, 0.717) is 19.5 Å². The van der Waals surface area contributed by atoms with Gasteiger partial charge in [-0.05, 0) is 49.2 Å². The molecule has 0 amide bonds. The number of hydrogen-bond donors (Lipinski definition) is 1. The van der Waals surface area contributed by atoms with Crippen molar-refractivity contribution in [2.75, 3.05) is 33.7 Å². The summed E-state index contributed by atoms with van der Waals surface area (Å²) in [6.07, 6.45) is 5.03. The molecule has 0 bridgehead atoms. The molecule has 0 atom stereocenters. The minimum Gasteiger partial charge on any atom is -0.511 e. The summed E-state index contributed by atoms with van der Waals surface area (Å²) in [6, 6.07) is 11.8. The number of hydrogen-bond acceptors (Lipinski definition) is 6. The van der Waals surface area contributed by atoms with E-state index in [1.165, 1.54) is 12.0 Å². The third-order valence-electron chi connectivity index (χ3n) is 4.86. The number of ether oxygens (including phenoxy) is 3. The fourth-order valence-electron chi connectivity index (χ4n) is 3.60. The van der Waals surface area contributed by atoms with Gasteiger partial charge >= 0.3 is 0 Å². The first-order chi connectivity index (χ1) is 15.1. The van der Waals surface area contributed by atoms with Gasteiger partial charge in [-0.3, -0.25) is 4.55 Å². The smallest absolute Gasteiger partial charge is 0.261 e. The number of rotatable bonds is 6. The molecule has 2 aromatic rings. The van der Waals surface area contributed by atoms with Crippen molar-refractivity contribution in [2.45, 2.75) is 39.5 Å². The number of nitrogens with zero attached hydrogens (tertiary/aromatic N) is 1. The Hall–Kier alpha value is -1.77. The van der Waals surface area contributed by atoms with Gasteiger partial charge in [-0.25, -0.2) is 0 Å². The van der Waals surface area contributed by atoms with Crippen LogP contribution in [0.25, 0.3) is 0 Å². The van der Waals surface area contributed by atoms with Crippen molar-refractivity contribution in [2.24, 2.45) is 4.99 Å². The van der Waals surface area contributed by atoms with E-state index >= 15 is 0 Å². The number of aliphatic imine (C=N–C) groups is 1. The summed E-state index contributed by atoms with van der Waals surface area (Å²) >= 11 is 0. The molecule has 0 aliphatic heterocycles. The van der Waals surface area contributed by atoms with Crippen LogP contribution in [0, 0.1) is 27.3 Å². The summed E-state index contributed by atoms with van der Waals surface area (Å²) < 4.78 is 42.2. The van der Waals surface area contributed by atoms with E-state index in [0.717, 1.165) is 58.9 Å². The molecule has 0 unspecified atom stereocenters. The van der Waals surface area contributed by atoms with Crippen LogP contribution in [0.5, 0.6) is 11.5 Å². The zero-order valence-corrected chi connectivity index (χ0v) is 23.9. The average Bonchev–Trinajstić information content (AvgIpc) is 2.89. The fourth-order valence-corrected chi connectivity index (χ4v) is 3.60. The Kier molecular flexibility index (Phi) is 14.5. The van der Waals surface area contributed by atoms with E-state index in [2.05, 4.69) is 38.1 Å². The van der Waals surface area contributed by atoms with E-state index in [1.54, 1.807) is 14.2 Å². The van der Waals surface area contributed by atoms with E-state index < -0.39 is 10.1 Å². The third-order valence-corrected chi connectivity index (χ3v) is 4.86. The molecule has 1 aliphatic carbocycles. The summed E-state index contributed by atoms with van der Waals surface area (Å²) in [5.74, 6) is 1.68. The maximum atomic E-state index is 9.19. The fraction of sp³-hybridized carbons (Fsp3) is 0.440. The molecule has 7 nitrogen and oxygen atoms in total. The summed E-state index contributed by atoms with van der Waals surface area (Å²) in [7, 11) is -0.282. The molecule has 0 saturated heterocycles. The van der Waals surface area contributed by atoms with Crippen molar-refractivity contribution in [1.29, 1.82) is 0 Å². The van der Waals surface area contributed by atoms with Crippen molar-refractivity contribution in [1.82, 2.24) is 0 Å². The molecular formula is C25H35IrNO6S-2. The molecule has 3 rings (SSSR count). The first-order valence-electron chi connectivity index (χ1n) is 10.4. The molecule has 0 fully saturated rings. The molecule has 0 spiro atoms. The van der Waals surface area contributed by atoms with Gasteiger partial charge in [0, 0.05) is 33.0 Å². The van der Waals surface area contributed by atoms with Crippen LogP contribution in [0.1, 0.15) is 41.5 Å². The van der Waals surface area contributed by atoms with Crippen LogP contribution in [-0.2, 0) is 41.4 Å². The van der Waals surface area contributed by atoms with Gasteiger partial charge in [0.05, 0.1) is 25.7 Å². The average molecular weight is 670 g/mol. The van der Waals surface area contributed by atoms with Crippen LogP contribution >= 0.6 is 0 Å². The maximum Gasteiger partial charge on any atom is 0.261 e. The van der Waals surface area contributed by atoms with Gasteiger partial charge in [-0.2, -0.15) is 8.42 Å². The standard InChI is InChI=1S/C23H28NO3.CH4O3S.CH3.Ir/c1-16-13-19(14-17(2)23(16)26-4)24-22-8-6-5-7-18-9-10-20(15-21(18)22)27-12-11-25-3;1-5(2,3)4;;/h9-10,13-14H,5-8,11-12H2,1-4H3;1H3,(H,2,3,4);1H3;/q-1;;-1;. The summed E-state index contributed by atoms with van der Waals surface area (Å²) in [5, 5.41) is 0. The number of fused-ring (bicyclic) bond motifs is 1. The third kappa shape index (κ3) is 10.7. The molecule has 0 saturated carbocycles. The molecule has 2 aromatic carbocycles. The second-order valence-electron chi connectivity index (χ2n) is 7.68. The van der Waals surface area contributed by atoms with Gasteiger partial charge < -0.3 is 26.6 Å². The number of aryl methyl sites for hydroxylation is 3. The van der Waals surface area contributed by atoms with E-state index in [9.17, 15) is 8.42 Å². The van der Waals surface area contributed by atoms with Crippen molar-refractivity contribution in [3.63, 3.8) is 0 Å². The summed E-state index contributed by atoms with van der Waals surface area (Å²) in [5.41, 5.74) is 6.65. The van der Waals surface area contributed by atoms with Crippen LogP contribution in [0.4, 0.5) is 5.69 Å². The Morgan fingerprint density at radius 3 is 2.21 bits per heavy atom. The van der Waals surface area contributed by atoms with Crippen LogP contribution in [0.2, 0.25) is 0 Å². The molecule has 1 aliphatic rings. The van der Waals surface area contributed by atoms with Gasteiger partial charge in [0.25, 0.3) is 10.1 Å². The van der Waals surface area contributed by atoms with Crippen molar-refractivity contribution in [3.8, 4) is 11.5 Å². The van der Waals surface area contributed by atoms with Gasteiger partial charge in [-0.1, -0.05) is 25.3 Å². The molecule has 0 aromatic heterocycles. The minimum absolute atomic E-state index is 0. The second kappa shape index (κ2) is 15.3. The van der Waals surface area contributed by atoms with Crippen LogP contribution in [0.3, 0.4) is 0 Å². The molecule has 34 heavy (non-hydrogen) atoms. The van der Waals surface area contributed by atoms with Crippen LogP contribution in [0.15, 0.2) is 29.3 Å². The van der Waals surface area contributed by atoms with Gasteiger partial charge in [0.1, 0.15) is 12.4 Å².